The topological polar surface area (TPSA) is 65.5 Å². The zero-order valence-electron chi connectivity index (χ0n) is 11.3. The highest BCUT2D eigenvalue weighted by atomic mass is 19.1. The highest BCUT2D eigenvalue weighted by Crippen LogP contribution is 2.08. The second-order valence-electron chi connectivity index (χ2n) is 4.65. The molecular formula is C13H17FN4O2. The quantitative estimate of drug-likeness (QED) is 0.827. The maximum atomic E-state index is 13.5. The van der Waals surface area contributed by atoms with E-state index in [9.17, 15) is 14.0 Å². The summed E-state index contributed by atoms with van der Waals surface area (Å²) in [6.07, 6.45) is 2.33. The SMILES string of the molecule is CN(CC(=O)N1CCNCC1)C(=O)c1ccncc1F. The van der Waals surface area contributed by atoms with Crippen LogP contribution >= 0.6 is 0 Å². The van der Waals surface area contributed by atoms with Crippen LogP contribution in [0.2, 0.25) is 0 Å². The van der Waals surface area contributed by atoms with Crippen molar-refractivity contribution in [1.29, 1.82) is 0 Å². The van der Waals surface area contributed by atoms with Crippen LogP contribution in [0.5, 0.6) is 0 Å². The van der Waals surface area contributed by atoms with Crippen LogP contribution in [0.1, 0.15) is 10.4 Å². The van der Waals surface area contributed by atoms with E-state index >= 15 is 0 Å². The van der Waals surface area contributed by atoms with Crippen molar-refractivity contribution >= 4 is 11.8 Å². The fourth-order valence-electron chi connectivity index (χ4n) is 2.04. The monoisotopic (exact) mass is 280 g/mol. The lowest BCUT2D eigenvalue weighted by molar-refractivity contribution is -0.132. The van der Waals surface area contributed by atoms with Gasteiger partial charge in [0.25, 0.3) is 5.91 Å². The maximum absolute atomic E-state index is 13.5. The summed E-state index contributed by atoms with van der Waals surface area (Å²) >= 11 is 0. The van der Waals surface area contributed by atoms with Crippen LogP contribution in [-0.4, -0.2) is 66.4 Å². The zero-order chi connectivity index (χ0) is 14.5. The Kier molecular flexibility index (Phi) is 4.62. The minimum absolute atomic E-state index is 0.0550. The van der Waals surface area contributed by atoms with Gasteiger partial charge in [-0.2, -0.15) is 0 Å². The molecule has 7 heteroatoms. The molecule has 0 atom stereocenters. The molecule has 2 amide bonds. The van der Waals surface area contributed by atoms with Crippen LogP contribution in [0.25, 0.3) is 0 Å². The first-order chi connectivity index (χ1) is 9.59. The van der Waals surface area contributed by atoms with E-state index in [-0.39, 0.29) is 18.0 Å². The van der Waals surface area contributed by atoms with Crippen molar-refractivity contribution in [3.05, 3.63) is 29.8 Å². The van der Waals surface area contributed by atoms with E-state index in [1.807, 2.05) is 0 Å². The molecule has 1 aliphatic rings. The Bertz CT molecular complexity index is 503. The van der Waals surface area contributed by atoms with Gasteiger partial charge in [-0.3, -0.25) is 14.6 Å². The van der Waals surface area contributed by atoms with E-state index in [1.165, 1.54) is 24.2 Å². The highest BCUT2D eigenvalue weighted by Gasteiger charge is 2.22. The van der Waals surface area contributed by atoms with Crippen molar-refractivity contribution < 1.29 is 14.0 Å². The first-order valence-electron chi connectivity index (χ1n) is 6.43. The van der Waals surface area contributed by atoms with Crippen molar-refractivity contribution in [2.45, 2.75) is 0 Å². The van der Waals surface area contributed by atoms with Gasteiger partial charge >= 0.3 is 0 Å². The number of rotatable bonds is 3. The molecule has 0 radical (unpaired) electrons. The number of nitrogens with zero attached hydrogens (tertiary/aromatic N) is 3. The number of aromatic nitrogens is 1. The third-order valence-electron chi connectivity index (χ3n) is 3.19. The average Bonchev–Trinajstić information content (AvgIpc) is 2.48. The molecular weight excluding hydrogens is 263 g/mol. The minimum Gasteiger partial charge on any atom is -0.339 e. The standard InChI is InChI=1S/C13H17FN4O2/c1-17(9-12(19)18-6-4-15-5-7-18)13(20)10-2-3-16-8-11(10)14/h2-3,8,15H,4-7,9H2,1H3. The summed E-state index contributed by atoms with van der Waals surface area (Å²) in [7, 11) is 1.49. The van der Waals surface area contributed by atoms with Crippen LogP contribution in [0.15, 0.2) is 18.5 Å². The molecule has 1 N–H and O–H groups in total. The molecule has 1 aliphatic heterocycles. The Morgan fingerprint density at radius 1 is 1.45 bits per heavy atom. The summed E-state index contributed by atoms with van der Waals surface area (Å²) in [4.78, 5) is 30.6. The number of hydrogen-bond donors (Lipinski definition) is 1. The van der Waals surface area contributed by atoms with Crippen LogP contribution in [0, 0.1) is 5.82 Å². The number of amides is 2. The fraction of sp³-hybridized carbons (Fsp3) is 0.462. The Hall–Kier alpha value is -2.02. The molecule has 6 nitrogen and oxygen atoms in total. The van der Waals surface area contributed by atoms with Gasteiger partial charge < -0.3 is 15.1 Å². The van der Waals surface area contributed by atoms with E-state index in [2.05, 4.69) is 10.3 Å². The number of pyridine rings is 1. The molecule has 108 valence electrons. The number of likely N-dealkylation sites (N-methyl/N-ethyl adjacent to an activating group) is 1. The summed E-state index contributed by atoms with van der Waals surface area (Å²) in [5.74, 6) is -1.33. The molecule has 0 unspecified atom stereocenters. The second kappa shape index (κ2) is 6.42. The predicted octanol–water partition coefficient (Wildman–Crippen LogP) is -0.275. The molecule has 1 aromatic rings. The molecule has 1 fully saturated rings. The Morgan fingerprint density at radius 3 is 2.80 bits per heavy atom. The van der Waals surface area contributed by atoms with Gasteiger partial charge in [-0.15, -0.1) is 0 Å². The molecule has 0 aliphatic carbocycles. The van der Waals surface area contributed by atoms with Gasteiger partial charge in [0.05, 0.1) is 18.3 Å². The summed E-state index contributed by atoms with van der Waals surface area (Å²) in [5, 5.41) is 3.15. The lowest BCUT2D eigenvalue weighted by Gasteiger charge is -2.29. The van der Waals surface area contributed by atoms with Gasteiger partial charge in [0, 0.05) is 39.4 Å². The first-order valence-corrected chi connectivity index (χ1v) is 6.43. The Labute approximate surface area is 116 Å². The van der Waals surface area contributed by atoms with Gasteiger partial charge in [-0.05, 0) is 6.07 Å². The smallest absolute Gasteiger partial charge is 0.257 e. The van der Waals surface area contributed by atoms with Crippen LogP contribution < -0.4 is 5.32 Å². The molecule has 0 saturated carbocycles. The lowest BCUT2D eigenvalue weighted by atomic mass is 10.2. The van der Waals surface area contributed by atoms with Crippen LogP contribution in [-0.2, 0) is 4.79 Å². The van der Waals surface area contributed by atoms with E-state index in [0.29, 0.717) is 13.1 Å². The molecule has 0 aromatic carbocycles. The number of carbonyl (C=O) groups excluding carboxylic acids is 2. The number of halogens is 1. The summed E-state index contributed by atoms with van der Waals surface area (Å²) in [5.41, 5.74) is -0.0735. The van der Waals surface area contributed by atoms with Crippen molar-refractivity contribution in [3.63, 3.8) is 0 Å². The third-order valence-corrected chi connectivity index (χ3v) is 3.19. The fourth-order valence-corrected chi connectivity index (χ4v) is 2.04. The van der Waals surface area contributed by atoms with Crippen molar-refractivity contribution in [2.24, 2.45) is 0 Å². The lowest BCUT2D eigenvalue weighted by Crippen LogP contribution is -2.49. The van der Waals surface area contributed by atoms with E-state index in [4.69, 9.17) is 0 Å². The molecule has 2 rings (SSSR count). The second-order valence-corrected chi connectivity index (χ2v) is 4.65. The first kappa shape index (κ1) is 14.4. The molecule has 1 saturated heterocycles. The van der Waals surface area contributed by atoms with E-state index < -0.39 is 11.7 Å². The van der Waals surface area contributed by atoms with Crippen molar-refractivity contribution in [2.75, 3.05) is 39.8 Å². The number of nitrogens with one attached hydrogen (secondary N) is 1. The number of hydrogen-bond acceptors (Lipinski definition) is 4. The molecule has 20 heavy (non-hydrogen) atoms. The average molecular weight is 280 g/mol. The third kappa shape index (κ3) is 3.30. The molecule has 2 heterocycles. The molecule has 0 bridgehead atoms. The van der Waals surface area contributed by atoms with Gasteiger partial charge in [-0.25, -0.2) is 4.39 Å². The minimum atomic E-state index is -0.682. The Morgan fingerprint density at radius 2 is 2.15 bits per heavy atom. The predicted molar refractivity (Wildman–Crippen MR) is 70.6 cm³/mol. The van der Waals surface area contributed by atoms with Gasteiger partial charge in [-0.1, -0.05) is 0 Å². The van der Waals surface area contributed by atoms with Crippen molar-refractivity contribution in [3.8, 4) is 0 Å². The largest absolute Gasteiger partial charge is 0.339 e. The van der Waals surface area contributed by atoms with Crippen LogP contribution in [0.3, 0.4) is 0 Å². The van der Waals surface area contributed by atoms with Gasteiger partial charge in [0.1, 0.15) is 0 Å². The summed E-state index contributed by atoms with van der Waals surface area (Å²) in [6.45, 7) is 2.71. The van der Waals surface area contributed by atoms with E-state index in [1.54, 1.807) is 4.90 Å². The number of carbonyl (C=O) groups is 2. The van der Waals surface area contributed by atoms with E-state index in [0.717, 1.165) is 19.3 Å². The summed E-state index contributed by atoms with van der Waals surface area (Å²) < 4.78 is 13.5. The highest BCUT2D eigenvalue weighted by molar-refractivity contribution is 5.96. The summed E-state index contributed by atoms with van der Waals surface area (Å²) in [6, 6.07) is 1.31. The Balaban J connectivity index is 1.97. The van der Waals surface area contributed by atoms with Gasteiger partial charge in [0.15, 0.2) is 5.82 Å². The zero-order valence-corrected chi connectivity index (χ0v) is 11.3. The van der Waals surface area contributed by atoms with Crippen LogP contribution in [0.4, 0.5) is 4.39 Å². The van der Waals surface area contributed by atoms with Gasteiger partial charge in [0.2, 0.25) is 5.91 Å². The molecule has 1 aromatic heterocycles. The maximum Gasteiger partial charge on any atom is 0.257 e. The molecule has 0 spiro atoms. The normalized spacial score (nSPS) is 15.0. The van der Waals surface area contributed by atoms with Crippen molar-refractivity contribution in [1.82, 2.24) is 20.1 Å². The number of piperazine rings is 1.